The number of benzene rings is 2. The monoisotopic (exact) mass is 229 g/mol. The van der Waals surface area contributed by atoms with Crippen LogP contribution < -0.4 is 4.74 Å². The fourth-order valence-corrected chi connectivity index (χ4v) is 1.41. The number of halogens is 1. The second-order valence-electron chi connectivity index (χ2n) is 3.48. The molecule has 17 heavy (non-hydrogen) atoms. The van der Waals surface area contributed by atoms with Crippen molar-refractivity contribution >= 4 is 11.9 Å². The van der Waals surface area contributed by atoms with Crippen molar-refractivity contribution in [2.75, 3.05) is 7.11 Å². The van der Waals surface area contributed by atoms with E-state index < -0.39 is 0 Å². The Bertz CT molecular complexity index is 537. The molecule has 2 nitrogen and oxygen atoms in total. The van der Waals surface area contributed by atoms with Crippen molar-refractivity contribution in [3.63, 3.8) is 0 Å². The topological polar surface area (TPSA) is 21.6 Å². The lowest BCUT2D eigenvalue weighted by Crippen LogP contribution is -1.86. The molecule has 0 N–H and O–H groups in total. The van der Waals surface area contributed by atoms with Gasteiger partial charge in [-0.15, -0.1) is 0 Å². The third-order valence-corrected chi connectivity index (χ3v) is 2.31. The van der Waals surface area contributed by atoms with Crippen molar-refractivity contribution in [2.45, 2.75) is 0 Å². The van der Waals surface area contributed by atoms with E-state index in [-0.39, 0.29) is 5.82 Å². The number of rotatable bonds is 3. The van der Waals surface area contributed by atoms with Crippen LogP contribution in [0.3, 0.4) is 0 Å². The predicted octanol–water partition coefficient (Wildman–Crippen LogP) is 3.58. The number of hydrogen-bond donors (Lipinski definition) is 0. The number of methoxy groups -OCH3 is 1. The van der Waals surface area contributed by atoms with Crippen molar-refractivity contribution in [3.05, 3.63) is 59.9 Å². The number of aliphatic imine (C=N–C) groups is 1. The number of hydrogen-bond acceptors (Lipinski definition) is 2. The summed E-state index contributed by atoms with van der Waals surface area (Å²) in [6, 6.07) is 13.8. The molecule has 2 rings (SSSR count). The summed E-state index contributed by atoms with van der Waals surface area (Å²) in [5, 5.41) is 0. The second-order valence-corrected chi connectivity index (χ2v) is 3.48. The lowest BCUT2D eigenvalue weighted by Gasteiger charge is -2.00. The highest BCUT2D eigenvalue weighted by Gasteiger charge is 1.97. The first kappa shape index (κ1) is 11.3. The third-order valence-electron chi connectivity index (χ3n) is 2.31. The first-order valence-electron chi connectivity index (χ1n) is 5.22. The molecule has 86 valence electrons. The fraction of sp³-hybridized carbons (Fsp3) is 0.0714. The minimum absolute atomic E-state index is 0.279. The summed E-state index contributed by atoms with van der Waals surface area (Å²) in [7, 11) is 1.60. The number of ether oxygens (including phenoxy) is 1. The molecule has 0 saturated heterocycles. The van der Waals surface area contributed by atoms with Gasteiger partial charge in [-0.1, -0.05) is 24.3 Å². The van der Waals surface area contributed by atoms with Gasteiger partial charge >= 0.3 is 0 Å². The van der Waals surface area contributed by atoms with Gasteiger partial charge in [0.2, 0.25) is 0 Å². The summed E-state index contributed by atoms with van der Waals surface area (Å²) in [4.78, 5) is 4.20. The van der Waals surface area contributed by atoms with E-state index in [9.17, 15) is 4.39 Å². The molecule has 2 aromatic rings. The lowest BCUT2D eigenvalue weighted by molar-refractivity contribution is 0.415. The average molecular weight is 229 g/mol. The minimum atomic E-state index is -0.279. The zero-order chi connectivity index (χ0) is 12.1. The van der Waals surface area contributed by atoms with Crippen molar-refractivity contribution < 1.29 is 9.13 Å². The summed E-state index contributed by atoms with van der Waals surface area (Å²) in [5.41, 5.74) is 1.20. The Morgan fingerprint density at radius 2 is 1.94 bits per heavy atom. The van der Waals surface area contributed by atoms with Gasteiger partial charge < -0.3 is 4.74 Å². The van der Waals surface area contributed by atoms with E-state index in [0.717, 1.165) is 11.4 Å². The third kappa shape index (κ3) is 2.91. The molecule has 2 aromatic carbocycles. The molecule has 0 saturated carbocycles. The minimum Gasteiger partial charge on any atom is -0.497 e. The van der Waals surface area contributed by atoms with Crippen LogP contribution in [0.25, 0.3) is 0 Å². The number of nitrogens with zero attached hydrogens (tertiary/aromatic N) is 1. The summed E-state index contributed by atoms with van der Waals surface area (Å²) in [5.74, 6) is 0.451. The van der Waals surface area contributed by atoms with Gasteiger partial charge in [-0.2, -0.15) is 0 Å². The highest BCUT2D eigenvalue weighted by molar-refractivity contribution is 5.82. The summed E-state index contributed by atoms with van der Waals surface area (Å²) in [6.07, 6.45) is 1.50. The van der Waals surface area contributed by atoms with Crippen molar-refractivity contribution in [2.24, 2.45) is 4.99 Å². The molecule has 0 atom stereocenters. The van der Waals surface area contributed by atoms with Crippen molar-refractivity contribution in [3.8, 4) is 5.75 Å². The van der Waals surface area contributed by atoms with E-state index in [0.29, 0.717) is 5.56 Å². The summed E-state index contributed by atoms with van der Waals surface area (Å²) < 4.78 is 18.4. The highest BCUT2D eigenvalue weighted by atomic mass is 19.1. The van der Waals surface area contributed by atoms with Gasteiger partial charge in [0.05, 0.1) is 12.8 Å². The van der Waals surface area contributed by atoms with Crippen LogP contribution in [0.2, 0.25) is 0 Å². The standard InChI is InChI=1S/C14H12FNO/c1-17-13-7-4-6-12(9-13)16-10-11-5-2-3-8-14(11)15/h2-10H,1H3. The van der Waals surface area contributed by atoms with E-state index in [1.165, 1.54) is 12.3 Å². The zero-order valence-electron chi connectivity index (χ0n) is 9.43. The molecule has 0 aromatic heterocycles. The normalized spacial score (nSPS) is 10.7. The molecule has 0 aliphatic rings. The largest absolute Gasteiger partial charge is 0.497 e. The van der Waals surface area contributed by atoms with Crippen LogP contribution in [-0.4, -0.2) is 13.3 Å². The Morgan fingerprint density at radius 3 is 2.71 bits per heavy atom. The molecule has 3 heteroatoms. The van der Waals surface area contributed by atoms with Crippen LogP contribution in [0, 0.1) is 5.82 Å². The van der Waals surface area contributed by atoms with E-state index in [2.05, 4.69) is 4.99 Å². The van der Waals surface area contributed by atoms with Crippen LogP contribution in [0.4, 0.5) is 10.1 Å². The van der Waals surface area contributed by atoms with E-state index in [4.69, 9.17) is 4.74 Å². The summed E-state index contributed by atoms with van der Waals surface area (Å²) >= 11 is 0. The molecule has 0 aliphatic carbocycles. The first-order valence-corrected chi connectivity index (χ1v) is 5.22. The Balaban J connectivity index is 2.23. The smallest absolute Gasteiger partial charge is 0.131 e. The Kier molecular flexibility index (Phi) is 3.50. The van der Waals surface area contributed by atoms with Crippen molar-refractivity contribution in [1.82, 2.24) is 0 Å². The van der Waals surface area contributed by atoms with Gasteiger partial charge in [0, 0.05) is 17.8 Å². The quantitative estimate of drug-likeness (QED) is 0.737. The molecule has 0 unspecified atom stereocenters. The molecule has 0 spiro atoms. The van der Waals surface area contributed by atoms with Gasteiger partial charge in [0.15, 0.2) is 0 Å². The van der Waals surface area contributed by atoms with Gasteiger partial charge in [-0.05, 0) is 18.2 Å². The average Bonchev–Trinajstić information content (AvgIpc) is 2.38. The maximum absolute atomic E-state index is 13.3. The highest BCUT2D eigenvalue weighted by Crippen LogP contribution is 2.19. The van der Waals surface area contributed by atoms with E-state index in [1.807, 2.05) is 18.2 Å². The van der Waals surface area contributed by atoms with Gasteiger partial charge in [-0.25, -0.2) is 4.39 Å². The molecule has 0 aliphatic heterocycles. The van der Waals surface area contributed by atoms with Crippen LogP contribution >= 0.6 is 0 Å². The molecule has 0 radical (unpaired) electrons. The van der Waals surface area contributed by atoms with Crippen LogP contribution in [0.1, 0.15) is 5.56 Å². The van der Waals surface area contributed by atoms with Crippen LogP contribution in [-0.2, 0) is 0 Å². The maximum Gasteiger partial charge on any atom is 0.131 e. The van der Waals surface area contributed by atoms with E-state index >= 15 is 0 Å². The Hall–Kier alpha value is -2.16. The van der Waals surface area contributed by atoms with Crippen LogP contribution in [0.5, 0.6) is 5.75 Å². The fourth-order valence-electron chi connectivity index (χ4n) is 1.41. The summed E-state index contributed by atoms with van der Waals surface area (Å²) in [6.45, 7) is 0. The Morgan fingerprint density at radius 1 is 1.12 bits per heavy atom. The van der Waals surface area contributed by atoms with Gasteiger partial charge in [0.25, 0.3) is 0 Å². The van der Waals surface area contributed by atoms with Gasteiger partial charge in [-0.3, -0.25) is 4.99 Å². The molecule has 0 heterocycles. The predicted molar refractivity (Wildman–Crippen MR) is 66.6 cm³/mol. The van der Waals surface area contributed by atoms with Crippen molar-refractivity contribution in [1.29, 1.82) is 0 Å². The zero-order valence-corrected chi connectivity index (χ0v) is 9.43. The maximum atomic E-state index is 13.3. The van der Waals surface area contributed by atoms with Gasteiger partial charge in [0.1, 0.15) is 11.6 Å². The molecule has 0 fully saturated rings. The molecular formula is C14H12FNO. The molecule has 0 bridgehead atoms. The second kappa shape index (κ2) is 5.25. The SMILES string of the molecule is COc1cccc(N=Cc2ccccc2F)c1. The first-order chi connectivity index (χ1) is 8.29. The molecule has 0 amide bonds. The lowest BCUT2D eigenvalue weighted by atomic mass is 10.2. The molecular weight excluding hydrogens is 217 g/mol. The van der Waals surface area contributed by atoms with E-state index in [1.54, 1.807) is 31.4 Å². The Labute approximate surface area is 99.4 Å². The van der Waals surface area contributed by atoms with Crippen LogP contribution in [0.15, 0.2) is 53.5 Å².